The van der Waals surface area contributed by atoms with E-state index in [1.54, 1.807) is 36.0 Å². The van der Waals surface area contributed by atoms with Crippen molar-refractivity contribution in [2.45, 2.75) is 24.6 Å². The van der Waals surface area contributed by atoms with Crippen molar-refractivity contribution in [3.8, 4) is 0 Å². The summed E-state index contributed by atoms with van der Waals surface area (Å²) in [4.78, 5) is 37.9. The van der Waals surface area contributed by atoms with E-state index < -0.39 is 5.91 Å². The number of thioether (sulfide) groups is 1. The third-order valence-corrected chi connectivity index (χ3v) is 6.31. The summed E-state index contributed by atoms with van der Waals surface area (Å²) in [6.07, 6.45) is 0. The van der Waals surface area contributed by atoms with Gasteiger partial charge in [-0.05, 0) is 17.7 Å². The summed E-state index contributed by atoms with van der Waals surface area (Å²) in [7, 11) is 0. The molecule has 2 N–H and O–H groups in total. The summed E-state index contributed by atoms with van der Waals surface area (Å²) >= 11 is 1.68. The maximum Gasteiger partial charge on any atom is 0.292 e. The van der Waals surface area contributed by atoms with E-state index in [1.165, 1.54) is 10.7 Å². The number of hydrogen-bond donors (Lipinski definition) is 2. The summed E-state index contributed by atoms with van der Waals surface area (Å²) < 4.78 is 7.16. The van der Waals surface area contributed by atoms with Crippen molar-refractivity contribution >= 4 is 40.4 Å². The SMILES string of the molecule is O=C(Cn1nc2c(c1NC(=O)c1cc(=O)c3ccccc3o1)CSC2)NCc1ccccc1. The van der Waals surface area contributed by atoms with Gasteiger partial charge in [0.1, 0.15) is 17.9 Å². The van der Waals surface area contributed by atoms with Gasteiger partial charge >= 0.3 is 0 Å². The Morgan fingerprint density at radius 1 is 1.06 bits per heavy atom. The number of aromatic nitrogens is 2. The molecule has 0 saturated heterocycles. The van der Waals surface area contributed by atoms with Gasteiger partial charge in [-0.15, -0.1) is 0 Å². The number of rotatable bonds is 6. The third kappa shape index (κ3) is 4.40. The lowest BCUT2D eigenvalue weighted by atomic mass is 10.2. The van der Waals surface area contributed by atoms with Crippen LogP contribution in [0.15, 0.2) is 69.9 Å². The van der Waals surface area contributed by atoms with Crippen LogP contribution in [0.5, 0.6) is 0 Å². The minimum Gasteiger partial charge on any atom is -0.451 e. The first-order chi connectivity index (χ1) is 16.1. The van der Waals surface area contributed by atoms with E-state index in [1.807, 2.05) is 30.3 Å². The molecule has 0 bridgehead atoms. The lowest BCUT2D eigenvalue weighted by molar-refractivity contribution is -0.122. The lowest BCUT2D eigenvalue weighted by Crippen LogP contribution is -2.29. The smallest absolute Gasteiger partial charge is 0.292 e. The minimum atomic E-state index is -0.566. The number of nitrogens with zero attached hydrogens (tertiary/aromatic N) is 2. The summed E-state index contributed by atoms with van der Waals surface area (Å²) in [5.74, 6) is 0.953. The zero-order valence-corrected chi connectivity index (χ0v) is 18.4. The first kappa shape index (κ1) is 21.0. The highest BCUT2D eigenvalue weighted by atomic mass is 32.2. The molecule has 5 rings (SSSR count). The summed E-state index contributed by atoms with van der Waals surface area (Å²) in [6, 6.07) is 17.6. The van der Waals surface area contributed by atoms with Crippen LogP contribution in [-0.2, 0) is 29.4 Å². The second kappa shape index (κ2) is 8.95. The Morgan fingerprint density at radius 3 is 2.70 bits per heavy atom. The van der Waals surface area contributed by atoms with Crippen LogP contribution >= 0.6 is 11.8 Å². The number of nitrogens with one attached hydrogen (secondary N) is 2. The molecule has 2 aromatic carbocycles. The van der Waals surface area contributed by atoms with E-state index in [0.29, 0.717) is 34.8 Å². The molecular formula is C24H20N4O4S. The molecule has 8 nitrogen and oxygen atoms in total. The van der Waals surface area contributed by atoms with Gasteiger partial charge in [0.2, 0.25) is 5.91 Å². The molecule has 166 valence electrons. The zero-order valence-electron chi connectivity index (χ0n) is 17.5. The molecular weight excluding hydrogens is 440 g/mol. The van der Waals surface area contributed by atoms with Crippen molar-refractivity contribution < 1.29 is 14.0 Å². The van der Waals surface area contributed by atoms with Crippen LogP contribution in [0.1, 0.15) is 27.4 Å². The summed E-state index contributed by atoms with van der Waals surface area (Å²) in [5.41, 5.74) is 2.75. The van der Waals surface area contributed by atoms with Crippen LogP contribution in [0, 0.1) is 0 Å². The number of fused-ring (bicyclic) bond motifs is 2. The Labute approximate surface area is 193 Å². The van der Waals surface area contributed by atoms with Gasteiger partial charge in [0.05, 0.1) is 11.1 Å². The van der Waals surface area contributed by atoms with Crippen molar-refractivity contribution in [2.75, 3.05) is 5.32 Å². The van der Waals surface area contributed by atoms with Crippen molar-refractivity contribution in [2.24, 2.45) is 0 Å². The Bertz CT molecular complexity index is 1410. The van der Waals surface area contributed by atoms with Gasteiger partial charge in [0.15, 0.2) is 11.2 Å². The number of carbonyl (C=O) groups excluding carboxylic acids is 2. The molecule has 2 amide bonds. The van der Waals surface area contributed by atoms with E-state index in [4.69, 9.17) is 4.42 Å². The fourth-order valence-corrected chi connectivity index (χ4v) is 4.73. The largest absolute Gasteiger partial charge is 0.451 e. The van der Waals surface area contributed by atoms with Crippen molar-refractivity contribution in [3.63, 3.8) is 0 Å². The topological polar surface area (TPSA) is 106 Å². The molecule has 33 heavy (non-hydrogen) atoms. The second-order valence-electron chi connectivity index (χ2n) is 7.61. The number of carbonyl (C=O) groups is 2. The number of hydrogen-bond acceptors (Lipinski definition) is 6. The first-order valence-corrected chi connectivity index (χ1v) is 11.5. The molecule has 0 spiro atoms. The van der Waals surface area contributed by atoms with Crippen molar-refractivity contribution in [1.82, 2.24) is 15.1 Å². The molecule has 0 atom stereocenters. The van der Waals surface area contributed by atoms with Gasteiger partial charge in [-0.1, -0.05) is 42.5 Å². The van der Waals surface area contributed by atoms with E-state index in [0.717, 1.165) is 16.8 Å². The molecule has 4 aromatic rings. The van der Waals surface area contributed by atoms with Crippen molar-refractivity contribution in [1.29, 1.82) is 0 Å². The molecule has 2 aromatic heterocycles. The van der Waals surface area contributed by atoms with Gasteiger partial charge < -0.3 is 15.1 Å². The average Bonchev–Trinajstić information content (AvgIpc) is 3.41. The van der Waals surface area contributed by atoms with Crippen LogP contribution in [0.3, 0.4) is 0 Å². The van der Waals surface area contributed by atoms with E-state index in [-0.39, 0.29) is 23.6 Å². The molecule has 1 aliphatic heterocycles. The Kier molecular flexibility index (Phi) is 5.70. The fourth-order valence-electron chi connectivity index (χ4n) is 3.69. The number of benzene rings is 2. The van der Waals surface area contributed by atoms with Crippen LogP contribution in [0.25, 0.3) is 11.0 Å². The number of anilines is 1. The van der Waals surface area contributed by atoms with Gasteiger partial charge in [-0.3, -0.25) is 14.4 Å². The number of amides is 2. The summed E-state index contributed by atoms with van der Waals surface area (Å²) in [5, 5.41) is 10.6. The highest BCUT2D eigenvalue weighted by Crippen LogP contribution is 2.35. The van der Waals surface area contributed by atoms with Crippen LogP contribution < -0.4 is 16.1 Å². The standard InChI is InChI=1S/C24H20N4O4S/c29-19-10-21(32-20-9-5-4-8-16(19)20)24(31)26-23-17-13-33-14-18(17)27-28(23)12-22(30)25-11-15-6-2-1-3-7-15/h1-10H,11-14H2,(H,25,30)(H,26,31). The fraction of sp³-hybridized carbons (Fsp3) is 0.167. The van der Waals surface area contributed by atoms with Gasteiger partial charge in [0, 0.05) is 29.7 Å². The minimum absolute atomic E-state index is 0.0399. The molecule has 0 saturated carbocycles. The van der Waals surface area contributed by atoms with Crippen LogP contribution in [0.2, 0.25) is 0 Å². The molecule has 9 heteroatoms. The molecule has 0 aliphatic carbocycles. The Balaban J connectivity index is 1.36. The molecule has 0 fully saturated rings. The molecule has 3 heterocycles. The molecule has 0 unspecified atom stereocenters. The third-order valence-electron chi connectivity index (χ3n) is 5.34. The van der Waals surface area contributed by atoms with Crippen LogP contribution in [0.4, 0.5) is 5.82 Å². The average molecular weight is 461 g/mol. The highest BCUT2D eigenvalue weighted by molar-refractivity contribution is 7.98. The molecule has 0 radical (unpaired) electrons. The van der Waals surface area contributed by atoms with Gasteiger partial charge in [0.25, 0.3) is 5.91 Å². The lowest BCUT2D eigenvalue weighted by Gasteiger charge is -2.11. The predicted octanol–water partition coefficient (Wildman–Crippen LogP) is 3.31. The second-order valence-corrected chi connectivity index (χ2v) is 8.60. The van der Waals surface area contributed by atoms with Crippen LogP contribution in [-0.4, -0.2) is 21.6 Å². The summed E-state index contributed by atoms with van der Waals surface area (Å²) in [6.45, 7) is 0.363. The normalized spacial score (nSPS) is 12.5. The van der Waals surface area contributed by atoms with Crippen molar-refractivity contribution in [3.05, 3.63) is 93.5 Å². The highest BCUT2D eigenvalue weighted by Gasteiger charge is 2.26. The maximum atomic E-state index is 13.0. The zero-order chi connectivity index (χ0) is 22.8. The van der Waals surface area contributed by atoms with E-state index in [9.17, 15) is 14.4 Å². The predicted molar refractivity (Wildman–Crippen MR) is 126 cm³/mol. The Morgan fingerprint density at radius 2 is 1.85 bits per heavy atom. The monoisotopic (exact) mass is 460 g/mol. The van der Waals surface area contributed by atoms with E-state index in [2.05, 4.69) is 15.7 Å². The van der Waals surface area contributed by atoms with Gasteiger partial charge in [-0.2, -0.15) is 16.9 Å². The maximum absolute atomic E-state index is 13.0. The van der Waals surface area contributed by atoms with Gasteiger partial charge in [-0.25, -0.2) is 4.68 Å². The Hall–Kier alpha value is -3.85. The van der Waals surface area contributed by atoms with E-state index >= 15 is 0 Å². The molecule has 1 aliphatic rings. The number of para-hydroxylation sites is 1. The first-order valence-electron chi connectivity index (χ1n) is 10.4. The quantitative estimate of drug-likeness (QED) is 0.457.